The first-order valence-electron chi connectivity index (χ1n) is 6.02. The molecule has 0 amide bonds. The summed E-state index contributed by atoms with van der Waals surface area (Å²) in [5.74, 6) is 0. The summed E-state index contributed by atoms with van der Waals surface area (Å²) in [6, 6.07) is 13.2. The molecule has 0 aromatic heterocycles. The first kappa shape index (κ1) is 14.2. The summed E-state index contributed by atoms with van der Waals surface area (Å²) in [5.41, 5.74) is 8.57. The van der Waals surface area contributed by atoms with Gasteiger partial charge in [-0.15, -0.1) is 0 Å². The highest BCUT2D eigenvalue weighted by Crippen LogP contribution is 2.25. The van der Waals surface area contributed by atoms with Crippen molar-refractivity contribution in [2.75, 3.05) is 12.3 Å². The number of anilines is 1. The van der Waals surface area contributed by atoms with Gasteiger partial charge in [-0.25, -0.2) is 0 Å². The zero-order chi connectivity index (χ0) is 13.7. The second-order valence-electron chi connectivity index (χ2n) is 4.20. The van der Waals surface area contributed by atoms with E-state index in [1.165, 1.54) is 0 Å². The molecule has 0 atom stereocenters. The standard InChI is InChI=1S/C15H15Cl2NO/c16-13-5-3-6-14(17)12(13)10-19-9-8-11-4-1-2-7-15(11)18/h1-7H,8-10,18H2. The minimum Gasteiger partial charge on any atom is -0.399 e. The van der Waals surface area contributed by atoms with Gasteiger partial charge in [0.2, 0.25) is 0 Å². The molecule has 19 heavy (non-hydrogen) atoms. The Kier molecular flexibility index (Phi) is 5.08. The highest BCUT2D eigenvalue weighted by Gasteiger charge is 2.05. The van der Waals surface area contributed by atoms with E-state index in [2.05, 4.69) is 0 Å². The monoisotopic (exact) mass is 295 g/mol. The van der Waals surface area contributed by atoms with E-state index in [1.54, 1.807) is 12.1 Å². The smallest absolute Gasteiger partial charge is 0.0746 e. The Morgan fingerprint density at radius 3 is 2.32 bits per heavy atom. The van der Waals surface area contributed by atoms with Crippen LogP contribution >= 0.6 is 23.2 Å². The van der Waals surface area contributed by atoms with E-state index < -0.39 is 0 Å². The average molecular weight is 296 g/mol. The Morgan fingerprint density at radius 2 is 1.63 bits per heavy atom. The molecule has 0 saturated heterocycles. The van der Waals surface area contributed by atoms with Crippen LogP contribution in [0.2, 0.25) is 10.0 Å². The van der Waals surface area contributed by atoms with Crippen molar-refractivity contribution in [3.05, 3.63) is 63.6 Å². The fraction of sp³-hybridized carbons (Fsp3) is 0.200. The lowest BCUT2D eigenvalue weighted by Gasteiger charge is -2.09. The first-order chi connectivity index (χ1) is 9.18. The quantitative estimate of drug-likeness (QED) is 0.658. The van der Waals surface area contributed by atoms with Crippen molar-refractivity contribution in [1.82, 2.24) is 0 Å². The van der Waals surface area contributed by atoms with E-state index >= 15 is 0 Å². The van der Waals surface area contributed by atoms with Crippen LogP contribution < -0.4 is 5.73 Å². The number of ether oxygens (including phenoxy) is 1. The zero-order valence-electron chi connectivity index (χ0n) is 10.4. The van der Waals surface area contributed by atoms with Gasteiger partial charge in [-0.05, 0) is 30.2 Å². The van der Waals surface area contributed by atoms with Crippen LogP contribution in [0.1, 0.15) is 11.1 Å². The van der Waals surface area contributed by atoms with Gasteiger partial charge in [0, 0.05) is 21.3 Å². The maximum atomic E-state index is 6.07. The van der Waals surface area contributed by atoms with Crippen molar-refractivity contribution >= 4 is 28.9 Å². The molecule has 100 valence electrons. The summed E-state index contributed by atoms with van der Waals surface area (Å²) in [6.45, 7) is 0.987. The van der Waals surface area contributed by atoms with Crippen LogP contribution in [0, 0.1) is 0 Å². The van der Waals surface area contributed by atoms with Gasteiger partial charge in [0.15, 0.2) is 0 Å². The van der Waals surface area contributed by atoms with E-state index in [1.807, 2.05) is 30.3 Å². The molecular formula is C15H15Cl2NO. The average Bonchev–Trinajstić information content (AvgIpc) is 2.39. The van der Waals surface area contributed by atoms with E-state index in [9.17, 15) is 0 Å². The molecule has 2 rings (SSSR count). The second kappa shape index (κ2) is 6.80. The van der Waals surface area contributed by atoms with Crippen molar-refractivity contribution in [3.8, 4) is 0 Å². The van der Waals surface area contributed by atoms with Gasteiger partial charge < -0.3 is 10.5 Å². The maximum absolute atomic E-state index is 6.07. The third-order valence-corrected chi connectivity index (χ3v) is 3.59. The molecule has 0 radical (unpaired) electrons. The molecule has 2 aromatic rings. The van der Waals surface area contributed by atoms with Crippen LogP contribution in [0.4, 0.5) is 5.69 Å². The minimum atomic E-state index is 0.408. The number of halogens is 2. The summed E-state index contributed by atoms with van der Waals surface area (Å²) in [4.78, 5) is 0. The molecule has 0 heterocycles. The lowest BCUT2D eigenvalue weighted by molar-refractivity contribution is 0.124. The van der Waals surface area contributed by atoms with Gasteiger partial charge in [-0.2, -0.15) is 0 Å². The number of nitrogen functional groups attached to an aromatic ring is 1. The summed E-state index contributed by atoms with van der Waals surface area (Å²) in [5, 5.41) is 1.26. The highest BCUT2D eigenvalue weighted by atomic mass is 35.5. The summed E-state index contributed by atoms with van der Waals surface area (Å²) >= 11 is 12.1. The Bertz CT molecular complexity index is 537. The molecule has 0 aliphatic rings. The Labute approximate surface area is 123 Å². The molecule has 0 fully saturated rings. The number of hydrogen-bond donors (Lipinski definition) is 1. The molecular weight excluding hydrogens is 281 g/mol. The lowest BCUT2D eigenvalue weighted by Crippen LogP contribution is -2.02. The SMILES string of the molecule is Nc1ccccc1CCOCc1c(Cl)cccc1Cl. The molecule has 0 saturated carbocycles. The van der Waals surface area contributed by atoms with Crippen LogP contribution in [-0.2, 0) is 17.8 Å². The van der Waals surface area contributed by atoms with E-state index in [0.29, 0.717) is 23.3 Å². The fourth-order valence-electron chi connectivity index (χ4n) is 1.79. The Hall–Kier alpha value is -1.22. The van der Waals surface area contributed by atoms with Crippen LogP contribution in [-0.4, -0.2) is 6.61 Å². The number of rotatable bonds is 5. The molecule has 2 aromatic carbocycles. The third-order valence-electron chi connectivity index (χ3n) is 2.88. The van der Waals surface area contributed by atoms with Gasteiger partial charge in [-0.3, -0.25) is 0 Å². The fourth-order valence-corrected chi connectivity index (χ4v) is 2.30. The van der Waals surface area contributed by atoms with Crippen molar-refractivity contribution in [2.24, 2.45) is 0 Å². The molecule has 0 spiro atoms. The van der Waals surface area contributed by atoms with Crippen LogP contribution in [0.15, 0.2) is 42.5 Å². The lowest BCUT2D eigenvalue weighted by atomic mass is 10.1. The topological polar surface area (TPSA) is 35.2 Å². The third kappa shape index (κ3) is 3.87. The number of hydrogen-bond acceptors (Lipinski definition) is 2. The van der Waals surface area contributed by atoms with Gasteiger partial charge in [0.25, 0.3) is 0 Å². The molecule has 0 unspecified atom stereocenters. The Morgan fingerprint density at radius 1 is 0.947 bits per heavy atom. The van der Waals surface area contributed by atoms with Crippen molar-refractivity contribution in [2.45, 2.75) is 13.0 Å². The van der Waals surface area contributed by atoms with E-state index in [-0.39, 0.29) is 0 Å². The summed E-state index contributed by atoms with van der Waals surface area (Å²) in [6.07, 6.45) is 0.773. The summed E-state index contributed by atoms with van der Waals surface area (Å²) < 4.78 is 5.62. The van der Waals surface area contributed by atoms with Gasteiger partial charge in [0.1, 0.15) is 0 Å². The molecule has 2 N–H and O–H groups in total. The zero-order valence-corrected chi connectivity index (χ0v) is 11.9. The van der Waals surface area contributed by atoms with E-state index in [0.717, 1.165) is 23.2 Å². The van der Waals surface area contributed by atoms with Gasteiger partial charge >= 0.3 is 0 Å². The maximum Gasteiger partial charge on any atom is 0.0746 e. The second-order valence-corrected chi connectivity index (χ2v) is 5.02. The van der Waals surface area contributed by atoms with Gasteiger partial charge in [-0.1, -0.05) is 47.5 Å². The Balaban J connectivity index is 1.86. The first-order valence-corrected chi connectivity index (χ1v) is 6.78. The number of benzene rings is 2. The van der Waals surface area contributed by atoms with Crippen molar-refractivity contribution in [1.29, 1.82) is 0 Å². The summed E-state index contributed by atoms with van der Waals surface area (Å²) in [7, 11) is 0. The van der Waals surface area contributed by atoms with Gasteiger partial charge in [0.05, 0.1) is 13.2 Å². The molecule has 0 aliphatic carbocycles. The predicted molar refractivity (Wildman–Crippen MR) is 80.7 cm³/mol. The number of para-hydroxylation sites is 1. The molecule has 2 nitrogen and oxygen atoms in total. The molecule has 0 aliphatic heterocycles. The minimum absolute atomic E-state index is 0.408. The van der Waals surface area contributed by atoms with Crippen LogP contribution in [0.25, 0.3) is 0 Å². The molecule has 0 bridgehead atoms. The van der Waals surface area contributed by atoms with Crippen LogP contribution in [0.5, 0.6) is 0 Å². The van der Waals surface area contributed by atoms with Crippen LogP contribution in [0.3, 0.4) is 0 Å². The predicted octanol–water partition coefficient (Wildman–Crippen LogP) is 4.33. The van der Waals surface area contributed by atoms with Crippen molar-refractivity contribution < 1.29 is 4.74 Å². The van der Waals surface area contributed by atoms with Crippen molar-refractivity contribution in [3.63, 3.8) is 0 Å². The van der Waals surface area contributed by atoms with E-state index in [4.69, 9.17) is 33.7 Å². The largest absolute Gasteiger partial charge is 0.399 e. The highest BCUT2D eigenvalue weighted by molar-refractivity contribution is 6.35. The molecule has 4 heteroatoms. The normalized spacial score (nSPS) is 10.6. The number of nitrogens with two attached hydrogens (primary N) is 1.